The largest absolute Gasteiger partial charge is 0.350 e. The fraction of sp³-hybridized carbons (Fsp3) is 0.375. The highest BCUT2D eigenvalue weighted by molar-refractivity contribution is 6.05. The van der Waals surface area contributed by atoms with Crippen molar-refractivity contribution in [3.63, 3.8) is 0 Å². The normalized spacial score (nSPS) is 31.3. The maximum Gasteiger partial charge on any atom is 0.235 e. The predicted molar refractivity (Wildman–Crippen MR) is 78.5 cm³/mol. The summed E-state index contributed by atoms with van der Waals surface area (Å²) in [4.78, 5) is 24.4. The molecule has 21 heavy (non-hydrogen) atoms. The van der Waals surface area contributed by atoms with Crippen LogP contribution in [-0.4, -0.2) is 22.0 Å². The van der Waals surface area contributed by atoms with Gasteiger partial charge in [0.1, 0.15) is 11.6 Å². The maximum atomic E-state index is 12.2. The van der Waals surface area contributed by atoms with Gasteiger partial charge in [0.2, 0.25) is 11.8 Å². The van der Waals surface area contributed by atoms with Gasteiger partial charge in [-0.25, -0.2) is 0 Å². The van der Waals surface area contributed by atoms with Crippen molar-refractivity contribution in [2.75, 3.05) is 0 Å². The molecule has 108 valence electrons. The second kappa shape index (κ2) is 3.87. The van der Waals surface area contributed by atoms with E-state index in [1.165, 1.54) is 0 Å². The average Bonchev–Trinajstić information content (AvgIpc) is 2.75. The van der Waals surface area contributed by atoms with Crippen LogP contribution in [0.2, 0.25) is 0 Å². The predicted octanol–water partition coefficient (Wildman–Crippen LogP) is 1.24. The smallest absolute Gasteiger partial charge is 0.235 e. The molecule has 1 aromatic carbocycles. The number of hydrogen-bond donors (Lipinski definition) is 2. The van der Waals surface area contributed by atoms with E-state index in [4.69, 9.17) is 0 Å². The van der Waals surface area contributed by atoms with Crippen LogP contribution >= 0.6 is 0 Å². The first-order valence-electron chi connectivity index (χ1n) is 7.16. The summed E-state index contributed by atoms with van der Waals surface area (Å²) >= 11 is 0. The fourth-order valence-corrected chi connectivity index (χ4v) is 3.83. The van der Waals surface area contributed by atoms with Crippen LogP contribution in [-0.2, 0) is 16.6 Å². The molecule has 1 aromatic heterocycles. The zero-order valence-electron chi connectivity index (χ0n) is 12.0. The third-order valence-corrected chi connectivity index (χ3v) is 4.72. The van der Waals surface area contributed by atoms with E-state index in [9.17, 15) is 9.59 Å². The Morgan fingerprint density at radius 3 is 2.52 bits per heavy atom. The molecule has 3 aliphatic rings. The highest BCUT2D eigenvalue weighted by Crippen LogP contribution is 2.43. The molecule has 0 aliphatic carbocycles. The van der Waals surface area contributed by atoms with Crippen LogP contribution < -0.4 is 10.6 Å². The van der Waals surface area contributed by atoms with Crippen LogP contribution in [0.4, 0.5) is 0 Å². The molecule has 3 fully saturated rings. The van der Waals surface area contributed by atoms with Gasteiger partial charge in [0.15, 0.2) is 0 Å². The van der Waals surface area contributed by atoms with Crippen molar-refractivity contribution >= 4 is 22.7 Å². The molecule has 2 amide bonds. The van der Waals surface area contributed by atoms with Crippen molar-refractivity contribution in [1.29, 1.82) is 0 Å². The Hall–Kier alpha value is -2.30. The summed E-state index contributed by atoms with van der Waals surface area (Å²) in [5.74, 6) is -1.02. The number of piperidine rings is 2. The van der Waals surface area contributed by atoms with Gasteiger partial charge in [0, 0.05) is 30.1 Å². The van der Waals surface area contributed by atoms with E-state index in [0.717, 1.165) is 22.9 Å². The Morgan fingerprint density at radius 2 is 1.86 bits per heavy atom. The molecule has 5 rings (SSSR count). The molecular formula is C16H17N3O2. The summed E-state index contributed by atoms with van der Waals surface area (Å²) in [6.07, 6.45) is 2.78. The van der Waals surface area contributed by atoms with Crippen LogP contribution in [0, 0.1) is 5.92 Å². The van der Waals surface area contributed by atoms with Gasteiger partial charge >= 0.3 is 0 Å². The lowest BCUT2D eigenvalue weighted by molar-refractivity contribution is -0.149. The molecule has 3 aliphatic heterocycles. The topological polar surface area (TPSA) is 63.1 Å². The number of rotatable bonds is 1. The molecule has 0 spiro atoms. The number of aromatic nitrogens is 1. The molecule has 2 aromatic rings. The van der Waals surface area contributed by atoms with E-state index >= 15 is 0 Å². The Morgan fingerprint density at radius 1 is 1.19 bits per heavy atom. The quantitative estimate of drug-likeness (QED) is 0.774. The first-order valence-corrected chi connectivity index (χ1v) is 7.16. The highest BCUT2D eigenvalue weighted by Gasteiger charge is 2.53. The Kier molecular flexibility index (Phi) is 2.29. The van der Waals surface area contributed by atoms with Crippen molar-refractivity contribution in [3.8, 4) is 0 Å². The molecule has 5 heteroatoms. The van der Waals surface area contributed by atoms with Crippen LogP contribution in [0.15, 0.2) is 30.5 Å². The Labute approximate surface area is 122 Å². The van der Waals surface area contributed by atoms with Gasteiger partial charge in [0.05, 0.1) is 0 Å². The zero-order chi connectivity index (χ0) is 14.8. The van der Waals surface area contributed by atoms with Crippen molar-refractivity contribution in [1.82, 2.24) is 15.2 Å². The third-order valence-electron chi connectivity index (χ3n) is 4.72. The lowest BCUT2D eigenvalue weighted by Gasteiger charge is -2.48. The number of fused-ring (bicyclic) bond motifs is 4. The van der Waals surface area contributed by atoms with E-state index in [1.54, 1.807) is 0 Å². The summed E-state index contributed by atoms with van der Waals surface area (Å²) in [6, 6.07) is 8.11. The molecule has 0 unspecified atom stereocenters. The van der Waals surface area contributed by atoms with E-state index in [1.807, 2.05) is 26.1 Å². The number of aryl methyl sites for hydroxylation is 1. The minimum atomic E-state index is -0.634. The minimum Gasteiger partial charge on any atom is -0.350 e. The molecule has 5 nitrogen and oxygen atoms in total. The minimum absolute atomic E-state index is 0.0661. The summed E-state index contributed by atoms with van der Waals surface area (Å²) in [5, 5.41) is 6.93. The SMILES string of the molecule is Cn1cc([C@@H]2CC3(C)NC(=O)C2C(=O)N3)c2ccccc21. The number of carbonyl (C=O) groups excluding carboxylic acids is 2. The van der Waals surface area contributed by atoms with E-state index in [0.29, 0.717) is 0 Å². The molecule has 1 atom stereocenters. The van der Waals surface area contributed by atoms with E-state index in [-0.39, 0.29) is 17.7 Å². The van der Waals surface area contributed by atoms with Crippen LogP contribution in [0.5, 0.6) is 0 Å². The van der Waals surface area contributed by atoms with Crippen LogP contribution in [0.3, 0.4) is 0 Å². The second-order valence-electron chi connectivity index (χ2n) is 6.31. The standard InChI is InChI=1S/C16H17N3O2/c1-16-7-10(13(14(20)17-16)15(21)18-16)11-8-19(2)12-6-4-3-5-9(11)12/h3-6,8,10,13H,7H2,1-2H3,(H,17,20)(H,18,21)/t10-,13?,16?/m0/s1. The van der Waals surface area contributed by atoms with Crippen LogP contribution in [0.1, 0.15) is 24.8 Å². The van der Waals surface area contributed by atoms with E-state index in [2.05, 4.69) is 33.5 Å². The first kappa shape index (κ1) is 12.4. The molecule has 2 N–H and O–H groups in total. The summed E-state index contributed by atoms with van der Waals surface area (Å²) in [7, 11) is 1.99. The van der Waals surface area contributed by atoms with Crippen molar-refractivity contribution in [3.05, 3.63) is 36.0 Å². The number of hydrogen-bond acceptors (Lipinski definition) is 2. The molecule has 2 bridgehead atoms. The molecule has 0 radical (unpaired) electrons. The number of amides is 2. The van der Waals surface area contributed by atoms with Crippen molar-refractivity contribution < 1.29 is 9.59 Å². The van der Waals surface area contributed by atoms with Gasteiger partial charge in [0.25, 0.3) is 0 Å². The second-order valence-corrected chi connectivity index (χ2v) is 6.31. The summed E-state index contributed by atoms with van der Waals surface area (Å²) in [6.45, 7) is 1.87. The lowest BCUT2D eigenvalue weighted by atomic mass is 9.72. The van der Waals surface area contributed by atoms with Gasteiger partial charge in [-0.05, 0) is 25.0 Å². The molecular weight excluding hydrogens is 266 g/mol. The summed E-state index contributed by atoms with van der Waals surface area (Å²) in [5.41, 5.74) is 1.58. The zero-order valence-corrected chi connectivity index (χ0v) is 12.0. The molecule has 4 heterocycles. The molecule has 0 saturated carbocycles. The van der Waals surface area contributed by atoms with Gasteiger partial charge in [-0.1, -0.05) is 18.2 Å². The maximum absolute atomic E-state index is 12.2. The number of nitrogens with zero attached hydrogens (tertiary/aromatic N) is 1. The Balaban J connectivity index is 1.89. The number of nitrogens with one attached hydrogen (secondary N) is 2. The highest BCUT2D eigenvalue weighted by atomic mass is 16.2. The number of carbonyl (C=O) groups is 2. The first-order chi connectivity index (χ1) is 9.98. The number of para-hydroxylation sites is 1. The van der Waals surface area contributed by atoms with Gasteiger partial charge < -0.3 is 15.2 Å². The van der Waals surface area contributed by atoms with Crippen LogP contribution in [0.25, 0.3) is 10.9 Å². The van der Waals surface area contributed by atoms with Crippen molar-refractivity contribution in [2.45, 2.75) is 24.9 Å². The van der Waals surface area contributed by atoms with Crippen molar-refractivity contribution in [2.24, 2.45) is 13.0 Å². The Bertz CT molecular complexity index is 759. The third kappa shape index (κ3) is 1.63. The lowest BCUT2D eigenvalue weighted by Crippen LogP contribution is -2.72. The van der Waals surface area contributed by atoms with Gasteiger partial charge in [-0.15, -0.1) is 0 Å². The van der Waals surface area contributed by atoms with Gasteiger partial charge in [-0.3, -0.25) is 9.59 Å². The monoisotopic (exact) mass is 283 g/mol. The summed E-state index contributed by atoms with van der Waals surface area (Å²) < 4.78 is 2.06. The van der Waals surface area contributed by atoms with E-state index < -0.39 is 11.6 Å². The average molecular weight is 283 g/mol. The molecule has 3 saturated heterocycles. The number of benzene rings is 1. The van der Waals surface area contributed by atoms with Gasteiger partial charge in [-0.2, -0.15) is 0 Å². The fourth-order valence-electron chi connectivity index (χ4n) is 3.83.